The van der Waals surface area contributed by atoms with E-state index in [-0.39, 0.29) is 11.8 Å². The first kappa shape index (κ1) is 25.0. The van der Waals surface area contributed by atoms with Gasteiger partial charge in [0.25, 0.3) is 11.8 Å². The zero-order chi connectivity index (χ0) is 26.9. The molecule has 3 aromatic heterocycles. The third-order valence-corrected chi connectivity index (χ3v) is 9.19. The molecular weight excluding hydrogens is 530 g/mol. The fourth-order valence-corrected chi connectivity index (χ4v) is 6.92. The lowest BCUT2D eigenvalue weighted by atomic mass is 10.0. The number of aromatic nitrogens is 3. The van der Waals surface area contributed by atoms with E-state index in [2.05, 4.69) is 37.4 Å². The second-order valence-corrected chi connectivity index (χ2v) is 11.2. The third kappa shape index (κ3) is 4.96. The van der Waals surface area contributed by atoms with Gasteiger partial charge in [-0.3, -0.25) is 9.59 Å². The van der Waals surface area contributed by atoms with Crippen molar-refractivity contribution in [1.82, 2.24) is 19.9 Å². The minimum Gasteiger partial charge on any atom is -0.338 e. The number of carbonyl (C=O) groups is 2. The molecule has 5 heterocycles. The number of fused-ring (bicyclic) bond motifs is 2. The molecule has 39 heavy (non-hydrogen) atoms. The van der Waals surface area contributed by atoms with E-state index in [0.29, 0.717) is 30.0 Å². The van der Waals surface area contributed by atoms with Crippen molar-refractivity contribution >= 4 is 57.0 Å². The van der Waals surface area contributed by atoms with Crippen LogP contribution in [0.5, 0.6) is 0 Å². The second-order valence-electron chi connectivity index (χ2n) is 9.16. The zero-order valence-electron chi connectivity index (χ0n) is 21.2. The van der Waals surface area contributed by atoms with Gasteiger partial charge in [0, 0.05) is 36.7 Å². The van der Waals surface area contributed by atoms with E-state index < -0.39 is 6.04 Å². The number of nitrogens with one attached hydrogen (secondary N) is 1. The molecule has 0 unspecified atom stereocenters. The number of thiophene rings is 1. The lowest BCUT2D eigenvalue weighted by Gasteiger charge is -2.20. The highest BCUT2D eigenvalue weighted by Crippen LogP contribution is 2.44. The molecule has 9 nitrogen and oxygen atoms in total. The molecule has 2 amide bonds. The molecule has 11 heteroatoms. The first-order chi connectivity index (χ1) is 19.0. The summed E-state index contributed by atoms with van der Waals surface area (Å²) in [5.74, 6) is 6.28. The molecule has 0 saturated carbocycles. The van der Waals surface area contributed by atoms with Gasteiger partial charge in [0.05, 0.1) is 16.8 Å². The second kappa shape index (κ2) is 10.5. The van der Waals surface area contributed by atoms with Gasteiger partial charge >= 0.3 is 0 Å². The van der Waals surface area contributed by atoms with Crippen molar-refractivity contribution in [2.75, 3.05) is 17.7 Å². The van der Waals surface area contributed by atoms with Crippen LogP contribution in [0.2, 0.25) is 0 Å². The summed E-state index contributed by atoms with van der Waals surface area (Å²) in [5, 5.41) is 16.3. The summed E-state index contributed by atoms with van der Waals surface area (Å²) in [6.45, 7) is 2.01. The van der Waals surface area contributed by atoms with Crippen LogP contribution in [0.15, 0.2) is 70.0 Å². The van der Waals surface area contributed by atoms with E-state index in [1.165, 1.54) is 11.3 Å². The summed E-state index contributed by atoms with van der Waals surface area (Å²) >= 11 is 3.02. The van der Waals surface area contributed by atoms with Gasteiger partial charge in [-0.1, -0.05) is 30.3 Å². The molecule has 0 aliphatic carbocycles. The highest BCUT2D eigenvalue weighted by molar-refractivity contribution is 7.99. The van der Waals surface area contributed by atoms with E-state index in [1.807, 2.05) is 49.4 Å². The monoisotopic (exact) mass is 553 g/mol. The molecule has 0 saturated heterocycles. The topological polar surface area (TPSA) is 104 Å². The predicted molar refractivity (Wildman–Crippen MR) is 154 cm³/mol. The van der Waals surface area contributed by atoms with Gasteiger partial charge in [-0.2, -0.15) is 10.2 Å². The Morgan fingerprint density at radius 3 is 2.85 bits per heavy atom. The van der Waals surface area contributed by atoms with Crippen LogP contribution in [-0.4, -0.2) is 56.7 Å². The first-order valence-electron chi connectivity index (χ1n) is 12.3. The van der Waals surface area contributed by atoms with Gasteiger partial charge in [-0.25, -0.2) is 9.50 Å². The van der Waals surface area contributed by atoms with Crippen LogP contribution in [0, 0.1) is 18.8 Å². The molecule has 0 radical (unpaired) electrons. The minimum atomic E-state index is -0.675. The molecule has 0 spiro atoms. The summed E-state index contributed by atoms with van der Waals surface area (Å²) in [5.41, 5.74) is 4.72. The maximum absolute atomic E-state index is 13.4. The standard InChI is InChI=1S/C28H23N7O2S2/c1-17-23(11-10-20-15-29-24-9-6-12-30-35(20)24)39-28-25(17)38-16-22(27(37)34(28)2)31-26(36)21-14-19(32-33-21)13-18-7-4-3-5-8-18/h3-9,12,15,22H,13-14,16H2,1-2H3,(H,31,36)/t22-/m0/s1. The van der Waals surface area contributed by atoms with Gasteiger partial charge in [0.1, 0.15) is 22.4 Å². The molecule has 1 atom stereocenters. The molecular formula is C28H23N7O2S2. The molecule has 2 aliphatic heterocycles. The quantitative estimate of drug-likeness (QED) is 0.390. The molecule has 1 aromatic carbocycles. The summed E-state index contributed by atoms with van der Waals surface area (Å²) in [7, 11) is 1.74. The highest BCUT2D eigenvalue weighted by atomic mass is 32.2. The average Bonchev–Trinajstić information content (AvgIpc) is 3.65. The van der Waals surface area contributed by atoms with Crippen LogP contribution in [-0.2, 0) is 16.0 Å². The van der Waals surface area contributed by atoms with Crippen molar-refractivity contribution in [3.63, 3.8) is 0 Å². The Morgan fingerprint density at radius 1 is 1.15 bits per heavy atom. The Kier molecular flexibility index (Phi) is 6.72. The lowest BCUT2D eigenvalue weighted by molar-refractivity contribution is -0.123. The van der Waals surface area contributed by atoms with Crippen molar-refractivity contribution in [3.05, 3.63) is 76.6 Å². The molecule has 1 N–H and O–H groups in total. The summed E-state index contributed by atoms with van der Waals surface area (Å²) in [6.07, 6.45) is 4.41. The van der Waals surface area contributed by atoms with Gasteiger partial charge in [0.15, 0.2) is 5.65 Å². The Balaban J connectivity index is 1.13. The molecule has 6 rings (SSSR count). The molecule has 194 valence electrons. The number of nitrogens with zero attached hydrogens (tertiary/aromatic N) is 6. The Hall–Kier alpha value is -4.27. The van der Waals surface area contributed by atoms with E-state index in [1.54, 1.807) is 40.6 Å². The van der Waals surface area contributed by atoms with Crippen molar-refractivity contribution in [2.45, 2.75) is 30.7 Å². The predicted octanol–water partition coefficient (Wildman–Crippen LogP) is 3.50. The normalized spacial score (nSPS) is 16.7. The maximum Gasteiger partial charge on any atom is 0.268 e. The number of amides is 2. The van der Waals surface area contributed by atoms with Gasteiger partial charge in [-0.05, 0) is 42.0 Å². The number of hydrogen-bond donors (Lipinski definition) is 1. The van der Waals surface area contributed by atoms with Crippen LogP contribution < -0.4 is 10.2 Å². The minimum absolute atomic E-state index is 0.176. The number of hydrogen-bond acceptors (Lipinski definition) is 8. The summed E-state index contributed by atoms with van der Waals surface area (Å²) in [4.78, 5) is 34.2. The molecule has 0 fully saturated rings. The van der Waals surface area contributed by atoms with Crippen LogP contribution >= 0.6 is 23.1 Å². The molecule has 0 bridgehead atoms. The number of thioether (sulfide) groups is 1. The average molecular weight is 554 g/mol. The van der Waals surface area contributed by atoms with E-state index in [0.717, 1.165) is 37.3 Å². The van der Waals surface area contributed by atoms with E-state index >= 15 is 0 Å². The van der Waals surface area contributed by atoms with Crippen molar-refractivity contribution in [1.29, 1.82) is 0 Å². The largest absolute Gasteiger partial charge is 0.338 e. The highest BCUT2D eigenvalue weighted by Gasteiger charge is 2.34. The smallest absolute Gasteiger partial charge is 0.268 e. The number of likely N-dealkylation sites (N-methyl/N-ethyl adjacent to an activating group) is 1. The Labute approximate surface area is 233 Å². The van der Waals surface area contributed by atoms with Crippen LogP contribution in [0.4, 0.5) is 5.00 Å². The van der Waals surface area contributed by atoms with Crippen molar-refractivity contribution in [3.8, 4) is 11.8 Å². The van der Waals surface area contributed by atoms with Crippen molar-refractivity contribution in [2.24, 2.45) is 10.2 Å². The van der Waals surface area contributed by atoms with E-state index in [4.69, 9.17) is 0 Å². The summed E-state index contributed by atoms with van der Waals surface area (Å²) < 4.78 is 1.70. The van der Waals surface area contributed by atoms with Crippen LogP contribution in [0.1, 0.15) is 28.1 Å². The number of rotatable bonds is 4. The third-order valence-electron chi connectivity index (χ3n) is 6.49. The van der Waals surface area contributed by atoms with Gasteiger partial charge < -0.3 is 10.2 Å². The summed E-state index contributed by atoms with van der Waals surface area (Å²) in [6, 6.07) is 13.0. The number of anilines is 1. The fraction of sp³-hybridized carbons (Fsp3) is 0.214. The SMILES string of the molecule is Cc1c(C#Cc2cnc3cccnn23)sc2c1SC[C@H](NC(=O)C1=NN=C(Cc3ccccc3)C1)C(=O)N2C. The van der Waals surface area contributed by atoms with Crippen LogP contribution in [0.3, 0.4) is 0 Å². The van der Waals surface area contributed by atoms with E-state index in [9.17, 15) is 9.59 Å². The first-order valence-corrected chi connectivity index (χ1v) is 14.1. The lowest BCUT2D eigenvalue weighted by Crippen LogP contribution is -2.50. The Bertz CT molecular complexity index is 1730. The zero-order valence-corrected chi connectivity index (χ0v) is 22.8. The van der Waals surface area contributed by atoms with Crippen molar-refractivity contribution < 1.29 is 9.59 Å². The molecule has 4 aromatic rings. The molecule has 2 aliphatic rings. The fourth-order valence-electron chi connectivity index (χ4n) is 4.40. The number of benzene rings is 1. The van der Waals surface area contributed by atoms with Gasteiger partial charge in [0.2, 0.25) is 0 Å². The number of imidazole rings is 1. The number of carbonyl (C=O) groups excluding carboxylic acids is 2. The van der Waals surface area contributed by atoms with Gasteiger partial charge in [-0.15, -0.1) is 28.2 Å². The van der Waals surface area contributed by atoms with Crippen LogP contribution in [0.25, 0.3) is 5.65 Å². The Morgan fingerprint density at radius 2 is 2.00 bits per heavy atom. The maximum atomic E-state index is 13.4.